The first-order valence-corrected chi connectivity index (χ1v) is 23.5. The fourth-order valence-corrected chi connectivity index (χ4v) is 9.09. The van der Waals surface area contributed by atoms with Crippen LogP contribution in [0.3, 0.4) is 0 Å². The quantitative estimate of drug-likeness (QED) is 0.114. The minimum Gasteiger partial charge on any atom is -0.311 e. The van der Waals surface area contributed by atoms with Gasteiger partial charge in [0.2, 0.25) is 5.28 Å². The molecule has 0 spiro atoms. The third kappa shape index (κ3) is 9.43. The summed E-state index contributed by atoms with van der Waals surface area (Å²) in [6, 6.07) is 95.9. The van der Waals surface area contributed by atoms with Crippen LogP contribution < -0.4 is 9.80 Å². The van der Waals surface area contributed by atoms with Gasteiger partial charge >= 0.3 is 0 Å². The minimum absolute atomic E-state index is 0.188. The number of hydrogen-bond acceptors (Lipinski definition) is 4. The second kappa shape index (κ2) is 19.6. The van der Waals surface area contributed by atoms with Crippen molar-refractivity contribution in [1.29, 1.82) is 0 Å². The molecule has 4 nitrogen and oxygen atoms in total. The minimum atomic E-state index is 0.188. The Labute approximate surface area is 408 Å². The Morgan fingerprint density at radius 2 is 0.406 bits per heavy atom. The van der Waals surface area contributed by atoms with Crippen molar-refractivity contribution in [3.8, 4) is 67.0 Å². The monoisotopic (exact) mass is 904 g/mol. The van der Waals surface area contributed by atoms with E-state index in [1.807, 2.05) is 30.3 Å². The number of aromatic nitrogens is 2. The van der Waals surface area contributed by atoms with Gasteiger partial charge in [0.1, 0.15) is 0 Å². The van der Waals surface area contributed by atoms with Crippen molar-refractivity contribution in [3.63, 3.8) is 0 Å². The second-order valence-corrected chi connectivity index (χ2v) is 17.2. The molecule has 0 aliphatic carbocycles. The maximum Gasteiger partial charge on any atom is 0.223 e. The molecule has 69 heavy (non-hydrogen) atoms. The zero-order valence-corrected chi connectivity index (χ0v) is 38.4. The van der Waals surface area contributed by atoms with E-state index in [9.17, 15) is 0 Å². The summed E-state index contributed by atoms with van der Waals surface area (Å²) in [5.74, 6) is 0. The molecule has 0 fully saturated rings. The third-order valence-electron chi connectivity index (χ3n) is 12.5. The van der Waals surface area contributed by atoms with E-state index >= 15 is 0 Å². The smallest absolute Gasteiger partial charge is 0.223 e. The first-order valence-electron chi connectivity index (χ1n) is 23.1. The van der Waals surface area contributed by atoms with Crippen molar-refractivity contribution in [3.05, 3.63) is 278 Å². The van der Waals surface area contributed by atoms with Crippen LogP contribution in [0.4, 0.5) is 34.1 Å². The molecule has 0 saturated carbocycles. The fourth-order valence-electron chi connectivity index (χ4n) is 8.90. The van der Waals surface area contributed by atoms with Crippen LogP contribution in [0, 0.1) is 0 Å². The van der Waals surface area contributed by atoms with E-state index < -0.39 is 0 Å². The van der Waals surface area contributed by atoms with E-state index in [0.717, 1.165) is 56.6 Å². The van der Waals surface area contributed by atoms with Crippen molar-refractivity contribution in [2.75, 3.05) is 9.80 Å². The van der Waals surface area contributed by atoms with Crippen molar-refractivity contribution in [1.82, 2.24) is 9.97 Å². The summed E-state index contributed by atoms with van der Waals surface area (Å²) in [4.78, 5) is 14.0. The Balaban J connectivity index is 0.894. The van der Waals surface area contributed by atoms with Crippen LogP contribution in [0.25, 0.3) is 67.0 Å². The predicted octanol–water partition coefficient (Wildman–Crippen LogP) is 18.1. The largest absolute Gasteiger partial charge is 0.311 e. The van der Waals surface area contributed by atoms with Gasteiger partial charge < -0.3 is 9.80 Å². The Hall–Kier alpha value is -8.83. The number of anilines is 6. The number of halogens is 1. The average Bonchev–Trinajstić information content (AvgIpc) is 3.43. The first-order chi connectivity index (χ1) is 34.1. The van der Waals surface area contributed by atoms with E-state index in [0.29, 0.717) is 0 Å². The van der Waals surface area contributed by atoms with Crippen LogP contribution in [0.5, 0.6) is 0 Å². The molecule has 0 unspecified atom stereocenters. The van der Waals surface area contributed by atoms with Gasteiger partial charge in [-0.05, 0) is 135 Å². The highest BCUT2D eigenvalue weighted by Crippen LogP contribution is 2.40. The van der Waals surface area contributed by atoms with E-state index in [1.54, 1.807) is 0 Å². The number of benzene rings is 10. The highest BCUT2D eigenvalue weighted by molar-refractivity contribution is 6.28. The third-order valence-corrected chi connectivity index (χ3v) is 12.6. The molecule has 10 aromatic carbocycles. The molecule has 0 bridgehead atoms. The van der Waals surface area contributed by atoms with Gasteiger partial charge in [0.15, 0.2) is 0 Å². The van der Waals surface area contributed by atoms with Crippen molar-refractivity contribution in [2.45, 2.75) is 0 Å². The number of hydrogen-bond donors (Lipinski definition) is 0. The number of nitrogens with zero attached hydrogens (tertiary/aromatic N) is 4. The predicted molar refractivity (Wildman–Crippen MR) is 289 cm³/mol. The van der Waals surface area contributed by atoms with E-state index in [2.05, 4.69) is 252 Å². The summed E-state index contributed by atoms with van der Waals surface area (Å²) in [5.41, 5.74) is 19.0. The average molecular weight is 906 g/mol. The van der Waals surface area contributed by atoms with Crippen LogP contribution >= 0.6 is 11.6 Å². The maximum atomic E-state index is 6.72. The molecule has 0 saturated heterocycles. The van der Waals surface area contributed by atoms with E-state index in [-0.39, 0.29) is 5.28 Å². The Morgan fingerprint density at radius 1 is 0.217 bits per heavy atom. The molecule has 0 N–H and O–H groups in total. The van der Waals surface area contributed by atoms with Crippen LogP contribution in [-0.4, -0.2) is 9.97 Å². The van der Waals surface area contributed by atoms with Crippen molar-refractivity contribution in [2.24, 2.45) is 0 Å². The highest BCUT2D eigenvalue weighted by atomic mass is 35.5. The molecule has 0 aliphatic heterocycles. The van der Waals surface area contributed by atoms with Crippen molar-refractivity contribution >= 4 is 45.7 Å². The Morgan fingerprint density at radius 3 is 0.623 bits per heavy atom. The van der Waals surface area contributed by atoms with Gasteiger partial charge in [0.05, 0.1) is 11.4 Å². The van der Waals surface area contributed by atoms with Gasteiger partial charge in [-0.1, -0.05) is 194 Å². The normalized spacial score (nSPS) is 11.0. The van der Waals surface area contributed by atoms with Gasteiger partial charge in [0, 0.05) is 45.3 Å². The summed E-state index contributed by atoms with van der Waals surface area (Å²) < 4.78 is 0. The topological polar surface area (TPSA) is 32.3 Å². The maximum absolute atomic E-state index is 6.72. The zero-order valence-electron chi connectivity index (χ0n) is 37.6. The van der Waals surface area contributed by atoms with Crippen LogP contribution in [0.2, 0.25) is 5.28 Å². The molecule has 1 aromatic heterocycles. The van der Waals surface area contributed by atoms with Gasteiger partial charge in [0.25, 0.3) is 0 Å². The lowest BCUT2D eigenvalue weighted by Crippen LogP contribution is -2.10. The molecule has 0 radical (unpaired) electrons. The van der Waals surface area contributed by atoms with Crippen LogP contribution in [-0.2, 0) is 0 Å². The molecule has 11 rings (SSSR count). The lowest BCUT2D eigenvalue weighted by molar-refractivity contribution is 1.17. The summed E-state index contributed by atoms with van der Waals surface area (Å²) in [6.45, 7) is 0. The highest BCUT2D eigenvalue weighted by Gasteiger charge is 2.17. The van der Waals surface area contributed by atoms with Gasteiger partial charge in [-0.25, -0.2) is 9.97 Å². The molecular weight excluding hydrogens is 860 g/mol. The Kier molecular flexibility index (Phi) is 12.1. The van der Waals surface area contributed by atoms with E-state index in [1.165, 1.54) is 44.5 Å². The lowest BCUT2D eigenvalue weighted by atomic mass is 10.0. The van der Waals surface area contributed by atoms with Crippen molar-refractivity contribution < 1.29 is 0 Å². The summed E-state index contributed by atoms with van der Waals surface area (Å²) in [7, 11) is 0. The fraction of sp³-hybridized carbons (Fsp3) is 0. The lowest BCUT2D eigenvalue weighted by Gasteiger charge is -2.26. The van der Waals surface area contributed by atoms with Gasteiger partial charge in [-0.3, -0.25) is 0 Å². The molecule has 11 aromatic rings. The molecule has 0 amide bonds. The first kappa shape index (κ1) is 42.8. The van der Waals surface area contributed by atoms with Gasteiger partial charge in [-0.15, -0.1) is 0 Å². The molecular formula is C64H45ClN4. The molecule has 328 valence electrons. The second-order valence-electron chi connectivity index (χ2n) is 16.8. The molecule has 1 heterocycles. The van der Waals surface area contributed by atoms with E-state index in [4.69, 9.17) is 21.6 Å². The zero-order chi connectivity index (χ0) is 46.4. The van der Waals surface area contributed by atoms with Gasteiger partial charge in [-0.2, -0.15) is 0 Å². The summed E-state index contributed by atoms with van der Waals surface area (Å²) >= 11 is 6.72. The Bertz CT molecular complexity index is 3020. The molecule has 0 atom stereocenters. The summed E-state index contributed by atoms with van der Waals surface area (Å²) in [6.07, 6.45) is 0. The molecule has 5 heteroatoms. The number of rotatable bonds is 12. The SMILES string of the molecule is Clc1nc(-c2ccc(N(c3ccc(-c4ccccc4)cc3)c3ccc(-c4ccccc4)cc3)cc2)cc(-c2ccc(N(c3ccc(-c4ccccc4)cc3)c3ccc(-c4ccccc4)cc3)cc2)n1. The van der Waals surface area contributed by atoms with Crippen LogP contribution in [0.15, 0.2) is 273 Å². The van der Waals surface area contributed by atoms with Crippen LogP contribution in [0.1, 0.15) is 0 Å². The standard InChI is InChI=1S/C64H45ClN4/c65-64-66-62(54-29-41-60(42-30-54)68(56-33-21-50(22-34-56)46-13-5-1-6-14-46)57-35-23-51(24-36-57)47-15-7-2-8-16-47)45-63(67-64)55-31-43-61(44-32-55)69(58-37-25-52(26-38-58)48-17-9-3-10-18-48)59-39-27-53(28-40-59)49-19-11-4-12-20-49/h1-45H. The summed E-state index contributed by atoms with van der Waals surface area (Å²) in [5, 5.41) is 0.188. The molecule has 0 aliphatic rings.